The number of benzene rings is 3. The van der Waals surface area contributed by atoms with Crippen LogP contribution in [-0.4, -0.2) is 41.7 Å². The van der Waals surface area contributed by atoms with Crippen LogP contribution in [0.3, 0.4) is 0 Å². The second-order valence-electron chi connectivity index (χ2n) is 8.19. The van der Waals surface area contributed by atoms with E-state index < -0.39 is 15.4 Å². The number of ether oxygens (including phenoxy) is 2. The molecular formula is C26H30N2O5S. The Hall–Kier alpha value is -3.20. The Kier molecular flexibility index (Phi) is 7.02. The third-order valence-electron chi connectivity index (χ3n) is 6.31. The molecule has 34 heavy (non-hydrogen) atoms. The minimum absolute atomic E-state index is 0. The summed E-state index contributed by atoms with van der Waals surface area (Å²) in [5, 5.41) is 3.10. The van der Waals surface area contributed by atoms with E-state index in [9.17, 15) is 13.2 Å². The lowest BCUT2D eigenvalue weighted by Crippen LogP contribution is -2.44. The van der Waals surface area contributed by atoms with Crippen LogP contribution in [0.5, 0.6) is 5.75 Å². The monoisotopic (exact) mass is 482 g/mol. The highest BCUT2D eigenvalue weighted by atomic mass is 32.2. The zero-order valence-corrected chi connectivity index (χ0v) is 20.0. The normalized spacial score (nSPS) is 15.5. The van der Waals surface area contributed by atoms with Crippen molar-refractivity contribution < 1.29 is 24.1 Å². The second kappa shape index (κ2) is 9.97. The number of anilines is 1. The minimum atomic E-state index is -3.50. The zero-order valence-electron chi connectivity index (χ0n) is 19.2. The molecule has 3 aromatic carbocycles. The summed E-state index contributed by atoms with van der Waals surface area (Å²) in [5.41, 5.74) is 2.64. The Morgan fingerprint density at radius 3 is 2.26 bits per heavy atom. The van der Waals surface area contributed by atoms with E-state index in [0.29, 0.717) is 31.7 Å². The number of methoxy groups -OCH3 is 1. The predicted molar refractivity (Wildman–Crippen MR) is 134 cm³/mol. The van der Waals surface area contributed by atoms with Gasteiger partial charge in [0.1, 0.15) is 5.75 Å². The van der Waals surface area contributed by atoms with E-state index in [2.05, 4.69) is 10.0 Å². The van der Waals surface area contributed by atoms with E-state index in [1.165, 1.54) is 7.05 Å². The first kappa shape index (κ1) is 23.9. The maximum absolute atomic E-state index is 13.6. The van der Waals surface area contributed by atoms with Crippen LogP contribution in [0.25, 0.3) is 11.1 Å². The lowest BCUT2D eigenvalue weighted by atomic mass is 9.73. The Morgan fingerprint density at radius 1 is 0.971 bits per heavy atom. The largest absolute Gasteiger partial charge is 0.497 e. The fraction of sp³-hybridized carbons (Fsp3) is 0.269. The van der Waals surface area contributed by atoms with Crippen molar-refractivity contribution in [1.29, 1.82) is 0 Å². The number of carbonyl (C=O) groups excluding carboxylic acids is 1. The lowest BCUT2D eigenvalue weighted by molar-refractivity contribution is -0.125. The predicted octanol–water partition coefficient (Wildman–Crippen LogP) is 4.20. The van der Waals surface area contributed by atoms with Crippen LogP contribution < -0.4 is 14.8 Å². The summed E-state index contributed by atoms with van der Waals surface area (Å²) in [6.07, 6.45) is 1.18. The minimum Gasteiger partial charge on any atom is -0.497 e. The lowest BCUT2D eigenvalue weighted by Gasteiger charge is -2.36. The highest BCUT2D eigenvalue weighted by Gasteiger charge is 2.41. The molecule has 1 saturated heterocycles. The molecule has 0 spiro atoms. The third-order valence-corrected chi connectivity index (χ3v) is 7.74. The van der Waals surface area contributed by atoms with Crippen LogP contribution in [0.15, 0.2) is 77.7 Å². The number of hydrogen-bond donors (Lipinski definition) is 2. The number of nitrogens with one attached hydrogen (secondary N) is 2. The van der Waals surface area contributed by atoms with Gasteiger partial charge in [0, 0.05) is 20.3 Å². The Morgan fingerprint density at radius 2 is 1.65 bits per heavy atom. The van der Waals surface area contributed by atoms with Crippen LogP contribution >= 0.6 is 0 Å². The quantitative estimate of drug-likeness (QED) is 0.526. The van der Waals surface area contributed by atoms with Gasteiger partial charge in [0.15, 0.2) is 0 Å². The highest BCUT2D eigenvalue weighted by Crippen LogP contribution is 2.37. The molecule has 1 aliphatic heterocycles. The van der Waals surface area contributed by atoms with Crippen molar-refractivity contribution in [2.75, 3.05) is 32.7 Å². The maximum Gasteiger partial charge on any atom is 0.240 e. The molecule has 1 amide bonds. The molecule has 0 atom stereocenters. The number of amides is 1. The molecule has 1 fully saturated rings. The van der Waals surface area contributed by atoms with Gasteiger partial charge in [-0.1, -0.05) is 36.4 Å². The molecular weight excluding hydrogens is 452 g/mol. The molecule has 8 heteroatoms. The summed E-state index contributed by atoms with van der Waals surface area (Å²) < 4.78 is 37.1. The Balaban J connectivity index is 0.00000342. The van der Waals surface area contributed by atoms with E-state index in [0.717, 1.165) is 22.4 Å². The maximum atomic E-state index is 13.6. The molecule has 3 aromatic rings. The van der Waals surface area contributed by atoms with Crippen LogP contribution in [-0.2, 0) is 25.0 Å². The van der Waals surface area contributed by atoms with Crippen LogP contribution in [0.1, 0.15) is 19.8 Å². The van der Waals surface area contributed by atoms with E-state index in [-0.39, 0.29) is 12.2 Å². The molecule has 0 aliphatic carbocycles. The summed E-state index contributed by atoms with van der Waals surface area (Å²) in [6, 6.07) is 21.8. The van der Waals surface area contributed by atoms with Gasteiger partial charge in [0.25, 0.3) is 0 Å². The zero-order chi connectivity index (χ0) is 24.2. The summed E-state index contributed by atoms with van der Waals surface area (Å²) in [6.45, 7) is 1.03. The first-order valence-electron chi connectivity index (χ1n) is 11.1. The highest BCUT2D eigenvalue weighted by molar-refractivity contribution is 7.89. The summed E-state index contributed by atoms with van der Waals surface area (Å²) in [5.74, 6) is 0.668. The van der Waals surface area contributed by atoms with Crippen LogP contribution in [0.2, 0.25) is 0 Å². The van der Waals surface area contributed by atoms with Gasteiger partial charge in [-0.15, -0.1) is 0 Å². The standard InChI is InChI=1S/C26H28N2O5S.H2/c1-27-34(30,31)24-12-6-19(7-13-24)20-4-3-5-22(18-20)28-25(29)26(14-16-33-17-15-26)21-8-10-23(32-2)11-9-21;/h3-13,18,27H,14-17H2,1-2H3,(H,28,29);1H. The number of sulfonamides is 1. The van der Waals surface area contributed by atoms with Gasteiger partial charge >= 0.3 is 0 Å². The number of hydrogen-bond acceptors (Lipinski definition) is 5. The van der Waals surface area contributed by atoms with Gasteiger partial charge in [-0.2, -0.15) is 0 Å². The number of rotatable bonds is 7. The van der Waals surface area contributed by atoms with Gasteiger partial charge in [0.2, 0.25) is 15.9 Å². The molecule has 0 bridgehead atoms. The SMILES string of the molecule is CNS(=O)(=O)c1ccc(-c2cccc(NC(=O)C3(c4ccc(OC)cc4)CCOCC3)c2)cc1.[HH]. The summed E-state index contributed by atoms with van der Waals surface area (Å²) in [7, 11) is -0.498. The molecule has 4 rings (SSSR count). The molecule has 2 N–H and O–H groups in total. The fourth-order valence-electron chi connectivity index (χ4n) is 4.25. The van der Waals surface area contributed by atoms with Crippen molar-refractivity contribution in [1.82, 2.24) is 4.72 Å². The van der Waals surface area contributed by atoms with Crippen LogP contribution in [0, 0.1) is 0 Å². The fourth-order valence-corrected chi connectivity index (χ4v) is 4.98. The third kappa shape index (κ3) is 4.84. The topological polar surface area (TPSA) is 93.7 Å². The molecule has 180 valence electrons. The summed E-state index contributed by atoms with van der Waals surface area (Å²) >= 11 is 0. The van der Waals surface area contributed by atoms with Crippen molar-refractivity contribution in [3.8, 4) is 16.9 Å². The molecule has 0 saturated carbocycles. The molecule has 0 aromatic heterocycles. The first-order chi connectivity index (χ1) is 16.4. The van der Waals surface area contributed by atoms with Crippen molar-refractivity contribution in [3.05, 3.63) is 78.4 Å². The van der Waals surface area contributed by atoms with Crippen LogP contribution in [0.4, 0.5) is 5.69 Å². The molecule has 0 unspecified atom stereocenters. The van der Waals surface area contributed by atoms with Gasteiger partial charge in [-0.25, -0.2) is 13.1 Å². The van der Waals surface area contributed by atoms with Crippen molar-refractivity contribution in [3.63, 3.8) is 0 Å². The Labute approximate surface area is 201 Å². The molecule has 1 heterocycles. The van der Waals surface area contributed by atoms with E-state index in [1.807, 2.05) is 48.5 Å². The molecule has 1 aliphatic rings. The Bertz CT molecular complexity index is 1260. The van der Waals surface area contributed by atoms with E-state index in [1.54, 1.807) is 31.4 Å². The molecule has 0 radical (unpaired) electrons. The van der Waals surface area contributed by atoms with Crippen molar-refractivity contribution in [2.45, 2.75) is 23.2 Å². The van der Waals surface area contributed by atoms with Gasteiger partial charge in [-0.3, -0.25) is 4.79 Å². The second-order valence-corrected chi connectivity index (χ2v) is 10.1. The molecule has 7 nitrogen and oxygen atoms in total. The van der Waals surface area contributed by atoms with Gasteiger partial charge in [-0.05, 0) is 73.0 Å². The van der Waals surface area contributed by atoms with Crippen molar-refractivity contribution >= 4 is 21.6 Å². The van der Waals surface area contributed by atoms with Crippen molar-refractivity contribution in [2.24, 2.45) is 0 Å². The van der Waals surface area contributed by atoms with E-state index >= 15 is 0 Å². The average molecular weight is 483 g/mol. The van der Waals surface area contributed by atoms with Gasteiger partial charge < -0.3 is 14.8 Å². The smallest absolute Gasteiger partial charge is 0.240 e. The van der Waals surface area contributed by atoms with Gasteiger partial charge in [0.05, 0.1) is 17.4 Å². The summed E-state index contributed by atoms with van der Waals surface area (Å²) in [4.78, 5) is 13.8. The van der Waals surface area contributed by atoms with E-state index in [4.69, 9.17) is 9.47 Å². The first-order valence-corrected chi connectivity index (χ1v) is 12.5. The number of carbonyl (C=O) groups is 1. The average Bonchev–Trinajstić information content (AvgIpc) is 2.89.